The first kappa shape index (κ1) is 12.0. The molecule has 1 N–H and O–H groups in total. The summed E-state index contributed by atoms with van der Waals surface area (Å²) in [5.74, 6) is 0.852. The summed E-state index contributed by atoms with van der Waals surface area (Å²) in [5, 5.41) is 5.59. The molecule has 0 unspecified atom stereocenters. The number of nitrogens with zero attached hydrogens (tertiary/aromatic N) is 3. The lowest BCUT2D eigenvalue weighted by atomic mass is 10.1. The number of fused-ring (bicyclic) bond motifs is 1. The van der Waals surface area contributed by atoms with Gasteiger partial charge in [-0.2, -0.15) is 8.75 Å². The monoisotopic (exact) mass is 270 g/mol. The van der Waals surface area contributed by atoms with Gasteiger partial charge in [-0.25, -0.2) is 0 Å². The normalized spacial score (nSPS) is 10.8. The molecule has 0 saturated heterocycles. The smallest absolute Gasteiger partial charge is 0.168 e. The van der Waals surface area contributed by atoms with E-state index in [-0.39, 0.29) is 0 Å². The summed E-state index contributed by atoms with van der Waals surface area (Å²) < 4.78 is 8.75. The number of rotatable bonds is 4. The predicted octanol–water partition coefficient (Wildman–Crippen LogP) is 3.58. The molecule has 2 aromatic heterocycles. The van der Waals surface area contributed by atoms with Crippen LogP contribution in [0.4, 0.5) is 5.82 Å². The van der Waals surface area contributed by atoms with Gasteiger partial charge >= 0.3 is 0 Å². The van der Waals surface area contributed by atoms with E-state index in [0.717, 1.165) is 40.8 Å². The molecule has 0 fully saturated rings. The summed E-state index contributed by atoms with van der Waals surface area (Å²) in [6.07, 6.45) is 4.79. The third-order valence-corrected chi connectivity index (χ3v) is 3.48. The molecule has 0 aliphatic rings. The van der Waals surface area contributed by atoms with Crippen molar-refractivity contribution in [3.63, 3.8) is 0 Å². The minimum atomic E-state index is 0.852. The van der Waals surface area contributed by atoms with E-state index in [4.69, 9.17) is 0 Å². The molecule has 19 heavy (non-hydrogen) atoms. The molecule has 1 aromatic carbocycles. The maximum Gasteiger partial charge on any atom is 0.168 e. The van der Waals surface area contributed by atoms with Gasteiger partial charge in [0, 0.05) is 29.9 Å². The van der Waals surface area contributed by atoms with Crippen LogP contribution in [-0.4, -0.2) is 20.3 Å². The number of pyridine rings is 1. The van der Waals surface area contributed by atoms with Gasteiger partial charge in [-0.05, 0) is 11.8 Å². The van der Waals surface area contributed by atoms with E-state index in [1.807, 2.05) is 24.5 Å². The SMILES string of the molecule is CCCNc1nsnc1-c1cncc2ccccc12. The van der Waals surface area contributed by atoms with Gasteiger partial charge < -0.3 is 5.32 Å². The van der Waals surface area contributed by atoms with E-state index in [9.17, 15) is 0 Å². The Balaban J connectivity index is 2.12. The van der Waals surface area contributed by atoms with E-state index < -0.39 is 0 Å². The van der Waals surface area contributed by atoms with Crippen LogP contribution in [0.5, 0.6) is 0 Å². The van der Waals surface area contributed by atoms with Gasteiger partial charge in [0.05, 0.1) is 11.7 Å². The summed E-state index contributed by atoms with van der Waals surface area (Å²) >= 11 is 1.23. The Kier molecular flexibility index (Phi) is 3.37. The minimum Gasteiger partial charge on any atom is -0.367 e. The van der Waals surface area contributed by atoms with Crippen LogP contribution in [-0.2, 0) is 0 Å². The summed E-state index contributed by atoms with van der Waals surface area (Å²) in [7, 11) is 0. The fourth-order valence-corrected chi connectivity index (χ4v) is 2.57. The van der Waals surface area contributed by atoms with E-state index in [1.54, 1.807) is 0 Å². The third-order valence-electron chi connectivity index (χ3n) is 2.95. The highest BCUT2D eigenvalue weighted by atomic mass is 32.1. The summed E-state index contributed by atoms with van der Waals surface area (Å²) in [6, 6.07) is 8.20. The first-order valence-corrected chi connectivity index (χ1v) is 7.02. The first-order chi connectivity index (χ1) is 9.40. The van der Waals surface area contributed by atoms with E-state index in [2.05, 4.69) is 38.1 Å². The number of benzene rings is 1. The average molecular weight is 270 g/mol. The van der Waals surface area contributed by atoms with Gasteiger partial charge in [-0.1, -0.05) is 31.2 Å². The average Bonchev–Trinajstić information content (AvgIpc) is 2.92. The van der Waals surface area contributed by atoms with Crippen molar-refractivity contribution in [2.75, 3.05) is 11.9 Å². The molecule has 4 nitrogen and oxygen atoms in total. The van der Waals surface area contributed by atoms with Crippen LogP contribution in [0.3, 0.4) is 0 Å². The number of aromatic nitrogens is 3. The van der Waals surface area contributed by atoms with Crippen molar-refractivity contribution in [1.82, 2.24) is 13.7 Å². The van der Waals surface area contributed by atoms with Crippen LogP contribution in [0.15, 0.2) is 36.7 Å². The second-order valence-electron chi connectivity index (χ2n) is 4.30. The highest BCUT2D eigenvalue weighted by Crippen LogP contribution is 2.31. The van der Waals surface area contributed by atoms with E-state index in [0.29, 0.717) is 0 Å². The van der Waals surface area contributed by atoms with Crippen LogP contribution >= 0.6 is 11.7 Å². The Morgan fingerprint density at radius 1 is 1.16 bits per heavy atom. The lowest BCUT2D eigenvalue weighted by molar-refractivity contribution is 0.974. The molecule has 0 aliphatic heterocycles. The fraction of sp³-hybridized carbons (Fsp3) is 0.214. The van der Waals surface area contributed by atoms with Gasteiger partial charge in [0.1, 0.15) is 5.69 Å². The van der Waals surface area contributed by atoms with Gasteiger partial charge in [-0.3, -0.25) is 4.98 Å². The topological polar surface area (TPSA) is 50.7 Å². The molecular formula is C14H14N4S. The number of hydrogen-bond acceptors (Lipinski definition) is 5. The maximum atomic E-state index is 4.42. The van der Waals surface area contributed by atoms with Crippen molar-refractivity contribution in [3.05, 3.63) is 36.7 Å². The number of hydrogen-bond donors (Lipinski definition) is 1. The Morgan fingerprint density at radius 2 is 2.05 bits per heavy atom. The van der Waals surface area contributed by atoms with Gasteiger partial charge in [-0.15, -0.1) is 0 Å². The van der Waals surface area contributed by atoms with Crippen molar-refractivity contribution < 1.29 is 0 Å². The zero-order valence-corrected chi connectivity index (χ0v) is 11.4. The summed E-state index contributed by atoms with van der Waals surface area (Å²) in [4.78, 5) is 4.30. The molecule has 2 heterocycles. The Labute approximate surface area is 115 Å². The van der Waals surface area contributed by atoms with Crippen LogP contribution in [0.1, 0.15) is 13.3 Å². The summed E-state index contributed by atoms with van der Waals surface area (Å²) in [6.45, 7) is 3.03. The molecule has 3 aromatic rings. The number of anilines is 1. The molecule has 0 spiro atoms. The van der Waals surface area contributed by atoms with Crippen LogP contribution < -0.4 is 5.32 Å². The fourth-order valence-electron chi connectivity index (χ4n) is 2.03. The Bertz CT molecular complexity index is 687. The summed E-state index contributed by atoms with van der Waals surface area (Å²) in [5.41, 5.74) is 1.92. The predicted molar refractivity (Wildman–Crippen MR) is 79.4 cm³/mol. The second kappa shape index (κ2) is 5.32. The Morgan fingerprint density at radius 3 is 2.95 bits per heavy atom. The van der Waals surface area contributed by atoms with Crippen molar-refractivity contribution in [2.24, 2.45) is 0 Å². The van der Waals surface area contributed by atoms with Crippen molar-refractivity contribution >= 4 is 28.3 Å². The molecule has 5 heteroatoms. The van der Waals surface area contributed by atoms with Crippen LogP contribution in [0.2, 0.25) is 0 Å². The lowest BCUT2D eigenvalue weighted by Gasteiger charge is -2.06. The zero-order chi connectivity index (χ0) is 13.1. The van der Waals surface area contributed by atoms with Crippen LogP contribution in [0.25, 0.3) is 22.0 Å². The lowest BCUT2D eigenvalue weighted by Crippen LogP contribution is -2.01. The molecule has 96 valence electrons. The number of nitrogens with one attached hydrogen (secondary N) is 1. The highest BCUT2D eigenvalue weighted by molar-refractivity contribution is 6.99. The van der Waals surface area contributed by atoms with Gasteiger partial charge in [0.25, 0.3) is 0 Å². The van der Waals surface area contributed by atoms with Gasteiger partial charge in [0.2, 0.25) is 0 Å². The van der Waals surface area contributed by atoms with Gasteiger partial charge in [0.15, 0.2) is 5.82 Å². The minimum absolute atomic E-state index is 0.852. The highest BCUT2D eigenvalue weighted by Gasteiger charge is 2.13. The Hall–Kier alpha value is -2.01. The molecule has 0 radical (unpaired) electrons. The molecule has 0 aliphatic carbocycles. The molecule has 0 saturated carbocycles. The van der Waals surface area contributed by atoms with E-state index in [1.165, 1.54) is 11.7 Å². The molecule has 3 rings (SSSR count). The standard InChI is InChI=1S/C14H14N4S/c1-2-7-16-14-13(17-19-18-14)12-9-15-8-10-5-3-4-6-11(10)12/h3-6,8-9H,2,7H2,1H3,(H,16,18). The third kappa shape index (κ3) is 2.29. The van der Waals surface area contributed by atoms with Crippen molar-refractivity contribution in [1.29, 1.82) is 0 Å². The maximum absolute atomic E-state index is 4.42. The first-order valence-electron chi connectivity index (χ1n) is 6.29. The second-order valence-corrected chi connectivity index (χ2v) is 4.82. The van der Waals surface area contributed by atoms with E-state index >= 15 is 0 Å². The molecule has 0 bridgehead atoms. The zero-order valence-electron chi connectivity index (χ0n) is 10.6. The van der Waals surface area contributed by atoms with Crippen molar-refractivity contribution in [2.45, 2.75) is 13.3 Å². The quantitative estimate of drug-likeness (QED) is 0.787. The molecule has 0 amide bonds. The van der Waals surface area contributed by atoms with Crippen molar-refractivity contribution in [3.8, 4) is 11.3 Å². The molecular weight excluding hydrogens is 256 g/mol. The largest absolute Gasteiger partial charge is 0.367 e. The molecule has 0 atom stereocenters. The van der Waals surface area contributed by atoms with Crippen LogP contribution in [0, 0.1) is 0 Å².